The van der Waals surface area contributed by atoms with Crippen molar-refractivity contribution in [3.8, 4) is 22.1 Å². The highest BCUT2D eigenvalue weighted by Crippen LogP contribution is 2.46. The second-order valence-corrected chi connectivity index (χ2v) is 9.39. The zero-order chi connectivity index (χ0) is 22.6. The van der Waals surface area contributed by atoms with Crippen LogP contribution in [0.1, 0.15) is 95.0 Å². The number of thiophene rings is 1. The average molecular weight is 462 g/mol. The van der Waals surface area contributed by atoms with E-state index < -0.39 is 0 Å². The molecule has 0 aromatic carbocycles. The van der Waals surface area contributed by atoms with Crippen LogP contribution in [-0.2, 0) is 11.3 Å². The van der Waals surface area contributed by atoms with Gasteiger partial charge >= 0.3 is 5.97 Å². The lowest BCUT2D eigenvalue weighted by Crippen LogP contribution is -2.15. The van der Waals surface area contributed by atoms with Gasteiger partial charge in [-0.1, -0.05) is 70.8 Å². The van der Waals surface area contributed by atoms with Gasteiger partial charge in [0.1, 0.15) is 5.69 Å². The number of unbranched alkanes of at least 4 members (excludes halogenated alkanes) is 9. The van der Waals surface area contributed by atoms with Crippen LogP contribution in [0.15, 0.2) is 17.5 Å². The molecule has 3 rings (SSSR count). The summed E-state index contributed by atoms with van der Waals surface area (Å²) in [5.41, 5.74) is 1.46. The summed E-state index contributed by atoms with van der Waals surface area (Å²) in [5.74, 6) is 0.917. The predicted molar refractivity (Wildman–Crippen MR) is 131 cm³/mol. The molecule has 2 aromatic rings. The number of aromatic nitrogens is 1. The molecule has 0 bridgehead atoms. The summed E-state index contributed by atoms with van der Waals surface area (Å²) in [6.07, 6.45) is 13.6. The molecular formula is C26H39NO4S. The Labute approximate surface area is 197 Å². The van der Waals surface area contributed by atoms with Gasteiger partial charge in [-0.3, -0.25) is 0 Å². The summed E-state index contributed by atoms with van der Waals surface area (Å²) in [6, 6.07) is 4.12. The standard InChI is InChI=1S/C26H39NO4S/c1-3-5-6-7-8-9-10-11-12-13-17-27-22(21-16-14-20-32-21)24-25(31-19-15-18-30-24)23(27)26(28)29-4-2/h14,16,20H,3-13,15,17-19H2,1-2H3. The van der Waals surface area contributed by atoms with Gasteiger partial charge in [-0.2, -0.15) is 0 Å². The van der Waals surface area contributed by atoms with Crippen molar-refractivity contribution in [3.05, 3.63) is 23.2 Å². The van der Waals surface area contributed by atoms with E-state index in [9.17, 15) is 4.79 Å². The van der Waals surface area contributed by atoms with Crippen LogP contribution in [0.5, 0.6) is 11.5 Å². The molecule has 1 aliphatic heterocycles. The molecule has 32 heavy (non-hydrogen) atoms. The third-order valence-corrected chi connectivity index (χ3v) is 6.79. The summed E-state index contributed by atoms with van der Waals surface area (Å²) in [6.45, 7) is 6.34. The molecule has 0 radical (unpaired) electrons. The van der Waals surface area contributed by atoms with Crippen molar-refractivity contribution in [2.24, 2.45) is 0 Å². The number of ether oxygens (including phenoxy) is 3. The SMILES string of the molecule is CCCCCCCCCCCCn1c(C(=O)OCC)c2c(c1-c1cccs1)OCCCO2. The fraction of sp³-hybridized carbons (Fsp3) is 0.654. The normalized spacial score (nSPS) is 13.2. The van der Waals surface area contributed by atoms with Crippen molar-refractivity contribution in [1.82, 2.24) is 4.57 Å². The number of carbonyl (C=O) groups excluding carboxylic acids is 1. The first-order chi connectivity index (χ1) is 15.8. The van der Waals surface area contributed by atoms with Crippen LogP contribution >= 0.6 is 11.3 Å². The first-order valence-electron chi connectivity index (χ1n) is 12.5. The van der Waals surface area contributed by atoms with Crippen molar-refractivity contribution in [2.45, 2.75) is 91.0 Å². The smallest absolute Gasteiger partial charge is 0.359 e. The summed E-state index contributed by atoms with van der Waals surface area (Å²) >= 11 is 1.66. The lowest BCUT2D eigenvalue weighted by Gasteiger charge is -2.13. The second kappa shape index (κ2) is 13.6. The van der Waals surface area contributed by atoms with E-state index in [-0.39, 0.29) is 5.97 Å². The Bertz CT molecular complexity index is 812. The number of carbonyl (C=O) groups is 1. The molecule has 0 atom stereocenters. The van der Waals surface area contributed by atoms with E-state index in [1.54, 1.807) is 11.3 Å². The zero-order valence-corrected chi connectivity index (χ0v) is 20.6. The number of fused-ring (bicyclic) bond motifs is 1. The van der Waals surface area contributed by atoms with E-state index in [0.717, 1.165) is 36.4 Å². The maximum Gasteiger partial charge on any atom is 0.359 e. The van der Waals surface area contributed by atoms with E-state index >= 15 is 0 Å². The third-order valence-electron chi connectivity index (χ3n) is 5.92. The highest BCUT2D eigenvalue weighted by molar-refractivity contribution is 7.13. The van der Waals surface area contributed by atoms with Gasteiger partial charge in [0.2, 0.25) is 0 Å². The first kappa shape index (κ1) is 24.7. The molecule has 1 aliphatic rings. The van der Waals surface area contributed by atoms with Gasteiger partial charge in [-0.05, 0) is 24.8 Å². The number of hydrogen-bond donors (Lipinski definition) is 0. The van der Waals surface area contributed by atoms with Gasteiger partial charge < -0.3 is 18.8 Å². The van der Waals surface area contributed by atoms with Crippen LogP contribution in [-0.4, -0.2) is 30.4 Å². The van der Waals surface area contributed by atoms with Crippen molar-refractivity contribution >= 4 is 17.3 Å². The molecule has 0 amide bonds. The molecule has 5 nitrogen and oxygen atoms in total. The Kier molecular flexibility index (Phi) is 10.5. The van der Waals surface area contributed by atoms with E-state index in [4.69, 9.17) is 14.2 Å². The lowest BCUT2D eigenvalue weighted by molar-refractivity contribution is 0.0508. The Morgan fingerprint density at radius 3 is 2.25 bits per heavy atom. The van der Waals surface area contributed by atoms with E-state index in [1.807, 2.05) is 13.0 Å². The molecule has 0 unspecified atom stereocenters. The van der Waals surface area contributed by atoms with Gasteiger partial charge in [-0.15, -0.1) is 11.3 Å². The summed E-state index contributed by atoms with van der Waals surface area (Å²) in [4.78, 5) is 14.0. The quantitative estimate of drug-likeness (QED) is 0.216. The van der Waals surface area contributed by atoms with E-state index in [1.165, 1.54) is 51.4 Å². The minimum Gasteiger partial charge on any atom is -0.487 e. The Balaban J connectivity index is 1.69. The largest absolute Gasteiger partial charge is 0.487 e. The Hall–Kier alpha value is -1.95. The highest BCUT2D eigenvalue weighted by atomic mass is 32.1. The van der Waals surface area contributed by atoms with Crippen molar-refractivity contribution < 1.29 is 19.0 Å². The van der Waals surface area contributed by atoms with E-state index in [2.05, 4.69) is 22.9 Å². The monoisotopic (exact) mass is 461 g/mol. The van der Waals surface area contributed by atoms with Gasteiger partial charge in [-0.25, -0.2) is 4.79 Å². The molecule has 0 fully saturated rings. The molecule has 3 heterocycles. The predicted octanol–water partition coefficient (Wildman–Crippen LogP) is 7.48. The summed E-state index contributed by atoms with van der Waals surface area (Å²) in [7, 11) is 0. The molecule has 178 valence electrons. The van der Waals surface area contributed by atoms with Gasteiger partial charge in [0.15, 0.2) is 17.2 Å². The van der Waals surface area contributed by atoms with Gasteiger partial charge in [0.25, 0.3) is 0 Å². The number of nitrogens with zero attached hydrogens (tertiary/aromatic N) is 1. The molecule has 0 saturated carbocycles. The Morgan fingerprint density at radius 1 is 0.969 bits per heavy atom. The summed E-state index contributed by atoms with van der Waals surface area (Å²) < 4.78 is 19.6. The van der Waals surface area contributed by atoms with Crippen LogP contribution in [0.2, 0.25) is 0 Å². The van der Waals surface area contributed by atoms with Crippen molar-refractivity contribution in [2.75, 3.05) is 19.8 Å². The first-order valence-corrected chi connectivity index (χ1v) is 13.4. The minimum atomic E-state index is -0.330. The van der Waals surface area contributed by atoms with Crippen molar-refractivity contribution in [1.29, 1.82) is 0 Å². The van der Waals surface area contributed by atoms with Crippen molar-refractivity contribution in [3.63, 3.8) is 0 Å². The minimum absolute atomic E-state index is 0.330. The second-order valence-electron chi connectivity index (χ2n) is 8.44. The summed E-state index contributed by atoms with van der Waals surface area (Å²) in [5, 5.41) is 2.06. The fourth-order valence-electron chi connectivity index (χ4n) is 4.29. The van der Waals surface area contributed by atoms with Crippen LogP contribution in [0.3, 0.4) is 0 Å². The fourth-order valence-corrected chi connectivity index (χ4v) is 5.06. The third kappa shape index (κ3) is 6.53. The molecule has 2 aromatic heterocycles. The molecule has 0 aliphatic carbocycles. The highest BCUT2D eigenvalue weighted by Gasteiger charge is 2.32. The number of rotatable bonds is 14. The molecule has 0 N–H and O–H groups in total. The number of esters is 1. The maximum absolute atomic E-state index is 12.9. The molecule has 6 heteroatoms. The van der Waals surface area contributed by atoms with Gasteiger partial charge in [0.05, 0.1) is 24.7 Å². The molecule has 0 spiro atoms. The van der Waals surface area contributed by atoms with Crippen LogP contribution in [0, 0.1) is 0 Å². The molecule has 0 saturated heterocycles. The topological polar surface area (TPSA) is 49.7 Å². The van der Waals surface area contributed by atoms with Gasteiger partial charge in [0, 0.05) is 13.0 Å². The number of hydrogen-bond acceptors (Lipinski definition) is 5. The van der Waals surface area contributed by atoms with Crippen LogP contribution in [0.4, 0.5) is 0 Å². The van der Waals surface area contributed by atoms with Crippen LogP contribution < -0.4 is 9.47 Å². The molecular weight excluding hydrogens is 422 g/mol. The maximum atomic E-state index is 12.9. The van der Waals surface area contributed by atoms with Crippen LogP contribution in [0.25, 0.3) is 10.6 Å². The van der Waals surface area contributed by atoms with E-state index in [0.29, 0.717) is 37.0 Å². The lowest BCUT2D eigenvalue weighted by atomic mass is 10.1. The average Bonchev–Trinajstić information content (AvgIpc) is 3.34. The Morgan fingerprint density at radius 2 is 1.62 bits per heavy atom. The zero-order valence-electron chi connectivity index (χ0n) is 19.8.